The van der Waals surface area contributed by atoms with Gasteiger partial charge in [0.25, 0.3) is 0 Å². The van der Waals surface area contributed by atoms with E-state index < -0.39 is 0 Å². The summed E-state index contributed by atoms with van der Waals surface area (Å²) in [6.45, 7) is 2.99. The van der Waals surface area contributed by atoms with Gasteiger partial charge in [-0.1, -0.05) is 6.08 Å². The number of amides is 1. The molecule has 3 aromatic heterocycles. The summed E-state index contributed by atoms with van der Waals surface area (Å²) in [6, 6.07) is 13.0. The quantitative estimate of drug-likeness (QED) is 0.187. The van der Waals surface area contributed by atoms with E-state index >= 15 is 0 Å². The fourth-order valence-corrected chi connectivity index (χ4v) is 4.91. The van der Waals surface area contributed by atoms with E-state index in [1.54, 1.807) is 12.3 Å². The van der Waals surface area contributed by atoms with Crippen molar-refractivity contribution < 1.29 is 14.6 Å². The third-order valence-electron chi connectivity index (χ3n) is 7.08. The Morgan fingerprint density at radius 2 is 2.05 bits per heavy atom. The zero-order valence-electron chi connectivity index (χ0n) is 22.2. The number of anilines is 3. The van der Waals surface area contributed by atoms with Crippen molar-refractivity contribution in [3.05, 3.63) is 85.1 Å². The highest BCUT2D eigenvalue weighted by Gasteiger charge is 2.18. The number of fused-ring (bicyclic) bond motifs is 2. The van der Waals surface area contributed by atoms with E-state index in [2.05, 4.69) is 30.5 Å². The molecule has 1 fully saturated rings. The molecule has 0 bridgehead atoms. The van der Waals surface area contributed by atoms with Crippen molar-refractivity contribution in [2.24, 2.45) is 0 Å². The molecule has 0 saturated carbocycles. The Balaban J connectivity index is 1.20. The molecule has 10 heteroatoms. The normalized spacial score (nSPS) is 15.7. The number of hydrogen-bond acceptors (Lipinski definition) is 8. The van der Waals surface area contributed by atoms with Crippen molar-refractivity contribution >= 4 is 39.6 Å². The lowest BCUT2D eigenvalue weighted by Gasteiger charge is -2.15. The fraction of sp³-hybridized carbons (Fsp3) is 0.200. The maximum absolute atomic E-state index is 12.6. The van der Waals surface area contributed by atoms with E-state index in [1.807, 2.05) is 67.2 Å². The molecule has 3 N–H and O–H groups in total. The lowest BCUT2D eigenvalue weighted by atomic mass is 10.1. The first-order valence-corrected chi connectivity index (χ1v) is 13.1. The van der Waals surface area contributed by atoms with Crippen LogP contribution in [0.25, 0.3) is 16.6 Å². The van der Waals surface area contributed by atoms with E-state index in [9.17, 15) is 9.90 Å². The van der Waals surface area contributed by atoms with Crippen molar-refractivity contribution in [3.8, 4) is 17.2 Å². The van der Waals surface area contributed by atoms with Crippen molar-refractivity contribution in [2.45, 2.75) is 25.8 Å². The number of aromatic nitrogens is 4. The molecule has 0 aliphatic carbocycles. The van der Waals surface area contributed by atoms with Crippen molar-refractivity contribution in [2.75, 3.05) is 24.2 Å². The number of phenolic OH excluding ortho intramolecular Hbond substituents is 1. The first-order chi connectivity index (χ1) is 19.4. The molecule has 10 nitrogen and oxygen atoms in total. The molecule has 202 valence electrons. The summed E-state index contributed by atoms with van der Waals surface area (Å²) in [5.41, 5.74) is 3.42. The number of carbonyl (C=O) groups is 1. The maximum Gasteiger partial charge on any atom is 0.248 e. The number of aryl methyl sites for hydroxylation is 1. The van der Waals surface area contributed by atoms with E-state index in [0.717, 1.165) is 42.0 Å². The highest BCUT2D eigenvalue weighted by molar-refractivity contribution is 6.03. The second-order valence-corrected chi connectivity index (χ2v) is 9.91. The second-order valence-electron chi connectivity index (χ2n) is 9.91. The average molecular weight is 536 g/mol. The van der Waals surface area contributed by atoms with Crippen LogP contribution < -0.4 is 15.4 Å². The van der Waals surface area contributed by atoms with Gasteiger partial charge in [-0.15, -0.1) is 0 Å². The smallest absolute Gasteiger partial charge is 0.248 e. The number of ether oxygens (including phenoxy) is 1. The van der Waals surface area contributed by atoms with Gasteiger partial charge in [0.2, 0.25) is 5.91 Å². The van der Waals surface area contributed by atoms with Crippen LogP contribution in [0.5, 0.6) is 17.2 Å². The lowest BCUT2D eigenvalue weighted by molar-refractivity contribution is -0.112. The van der Waals surface area contributed by atoms with Crippen LogP contribution in [0.1, 0.15) is 18.4 Å². The minimum absolute atomic E-state index is 0.0666. The van der Waals surface area contributed by atoms with Crippen LogP contribution >= 0.6 is 0 Å². The SMILES string of the molecule is Cc1cc(Nc2ncnc3cc(O)c(NC(=O)/C=C/[C@H]4CCCN4C)cc23)ccc1Oc1ccc2nccn2c1. The summed E-state index contributed by atoms with van der Waals surface area (Å²) in [5.74, 6) is 1.60. The Labute approximate surface area is 231 Å². The van der Waals surface area contributed by atoms with Gasteiger partial charge in [-0.05, 0) is 75.3 Å². The summed E-state index contributed by atoms with van der Waals surface area (Å²) in [7, 11) is 2.05. The molecule has 1 atom stereocenters. The molecule has 1 aliphatic heterocycles. The van der Waals surface area contributed by atoms with Gasteiger partial charge < -0.3 is 24.9 Å². The van der Waals surface area contributed by atoms with E-state index in [4.69, 9.17) is 4.74 Å². The predicted molar refractivity (Wildman–Crippen MR) is 154 cm³/mol. The highest BCUT2D eigenvalue weighted by atomic mass is 16.5. The number of carbonyl (C=O) groups excluding carboxylic acids is 1. The fourth-order valence-electron chi connectivity index (χ4n) is 4.91. The Morgan fingerprint density at radius 3 is 2.88 bits per heavy atom. The Kier molecular flexibility index (Phi) is 6.75. The summed E-state index contributed by atoms with van der Waals surface area (Å²) < 4.78 is 8.01. The zero-order valence-corrected chi connectivity index (χ0v) is 22.2. The topological polar surface area (TPSA) is 117 Å². The van der Waals surface area contributed by atoms with Gasteiger partial charge in [0.05, 0.1) is 17.4 Å². The molecule has 0 radical (unpaired) electrons. The van der Waals surface area contributed by atoms with Crippen LogP contribution in [0.4, 0.5) is 17.2 Å². The minimum atomic E-state index is -0.306. The molecule has 5 aromatic rings. The molecule has 0 unspecified atom stereocenters. The van der Waals surface area contributed by atoms with Gasteiger partial charge in [0.1, 0.15) is 35.0 Å². The van der Waals surface area contributed by atoms with Gasteiger partial charge in [-0.2, -0.15) is 0 Å². The number of rotatable bonds is 7. The van der Waals surface area contributed by atoms with Crippen LogP contribution in [0.3, 0.4) is 0 Å². The molecular formula is C30H29N7O3. The number of phenols is 1. The largest absolute Gasteiger partial charge is 0.506 e. The van der Waals surface area contributed by atoms with Crippen molar-refractivity contribution in [3.63, 3.8) is 0 Å². The molecule has 2 aromatic carbocycles. The van der Waals surface area contributed by atoms with Crippen LogP contribution in [0.15, 0.2) is 79.5 Å². The van der Waals surface area contributed by atoms with Gasteiger partial charge in [-0.3, -0.25) is 9.69 Å². The van der Waals surface area contributed by atoms with Crippen LogP contribution in [0, 0.1) is 6.92 Å². The van der Waals surface area contributed by atoms with Crippen molar-refractivity contribution in [1.82, 2.24) is 24.3 Å². The highest BCUT2D eigenvalue weighted by Crippen LogP contribution is 2.34. The summed E-state index contributed by atoms with van der Waals surface area (Å²) in [5, 5.41) is 17.3. The Hall–Kier alpha value is -4.96. The van der Waals surface area contributed by atoms with Gasteiger partial charge in [-0.25, -0.2) is 15.0 Å². The third-order valence-corrected chi connectivity index (χ3v) is 7.08. The molecule has 6 rings (SSSR count). The third kappa shape index (κ3) is 5.29. The standard InChI is InChI=1S/C30H29N7O3/c1-19-14-20(5-8-27(19)40-22-7-9-28-31-11-13-37(28)17-22)34-30-23-15-25(26(38)16-24(23)32-18-33-30)35-29(39)10-6-21-4-3-12-36(21)2/h5-11,13-18,21,38H,3-4,12H2,1-2H3,(H,35,39)(H,32,33,34)/b10-6+/t21-/m1/s1. The molecule has 0 spiro atoms. The summed E-state index contributed by atoms with van der Waals surface area (Å²) in [6.07, 6.45) is 12.5. The van der Waals surface area contributed by atoms with Gasteiger partial charge in [0.15, 0.2) is 0 Å². The number of imidazole rings is 1. The van der Waals surface area contributed by atoms with Crippen LogP contribution in [0.2, 0.25) is 0 Å². The number of nitrogens with zero attached hydrogens (tertiary/aromatic N) is 5. The number of likely N-dealkylation sites (N-methyl/N-ethyl adjacent to an activating group) is 1. The number of likely N-dealkylation sites (tertiary alicyclic amines) is 1. The molecule has 4 heterocycles. The Bertz CT molecular complexity index is 1750. The molecule has 1 saturated heterocycles. The molecule has 40 heavy (non-hydrogen) atoms. The molecule has 1 amide bonds. The number of hydrogen-bond donors (Lipinski definition) is 3. The number of benzene rings is 2. The van der Waals surface area contributed by atoms with Crippen molar-refractivity contribution in [1.29, 1.82) is 0 Å². The first kappa shape index (κ1) is 25.3. The maximum atomic E-state index is 12.6. The van der Waals surface area contributed by atoms with Gasteiger partial charge >= 0.3 is 0 Å². The zero-order chi connectivity index (χ0) is 27.6. The van der Waals surface area contributed by atoms with Crippen LogP contribution in [-0.2, 0) is 4.79 Å². The predicted octanol–water partition coefficient (Wildman–Crippen LogP) is 5.42. The van der Waals surface area contributed by atoms with Gasteiger partial charge in [0, 0.05) is 41.7 Å². The second kappa shape index (κ2) is 10.7. The summed E-state index contributed by atoms with van der Waals surface area (Å²) >= 11 is 0. The average Bonchev–Trinajstić information content (AvgIpc) is 3.58. The molecular weight excluding hydrogens is 506 g/mol. The van der Waals surface area contributed by atoms with E-state index in [0.29, 0.717) is 22.5 Å². The first-order valence-electron chi connectivity index (χ1n) is 13.1. The number of aromatic hydroxyl groups is 1. The minimum Gasteiger partial charge on any atom is -0.506 e. The van der Waals surface area contributed by atoms with Crippen LogP contribution in [-0.4, -0.2) is 54.9 Å². The van der Waals surface area contributed by atoms with E-state index in [-0.39, 0.29) is 23.4 Å². The monoisotopic (exact) mass is 535 g/mol. The van der Waals surface area contributed by atoms with E-state index in [1.165, 1.54) is 18.5 Å². The number of pyridine rings is 1. The Morgan fingerprint density at radius 1 is 1.15 bits per heavy atom. The number of nitrogens with one attached hydrogen (secondary N) is 2. The summed E-state index contributed by atoms with van der Waals surface area (Å²) in [4.78, 5) is 27.8. The molecule has 1 aliphatic rings. The lowest BCUT2D eigenvalue weighted by Crippen LogP contribution is -2.23.